The Kier molecular flexibility index (Phi) is 14.9. The number of hydrogen-bond donors (Lipinski definition) is 0. The Morgan fingerprint density at radius 2 is 1.45 bits per heavy atom. The zero-order chi connectivity index (χ0) is 45.6. The monoisotopic (exact) mass is 892 g/mol. The highest BCUT2D eigenvalue weighted by Crippen LogP contribution is 2.64. The van der Waals surface area contributed by atoms with Crippen LogP contribution in [0, 0.1) is 47.3 Å². The summed E-state index contributed by atoms with van der Waals surface area (Å²) in [5.41, 5.74) is 2.15. The number of carbonyl (C=O) groups is 3. The van der Waals surface area contributed by atoms with Gasteiger partial charge in [-0.1, -0.05) is 38.1 Å². The van der Waals surface area contributed by atoms with E-state index in [0.717, 1.165) is 24.8 Å². The van der Waals surface area contributed by atoms with Crippen molar-refractivity contribution in [3.63, 3.8) is 0 Å². The van der Waals surface area contributed by atoms with Crippen LogP contribution in [0.5, 0.6) is 5.75 Å². The number of allylic oxidation sites excluding steroid dienone is 4. The van der Waals surface area contributed by atoms with Gasteiger partial charge in [0.05, 0.1) is 37.9 Å². The highest BCUT2D eigenvalue weighted by atomic mass is 16.7. The van der Waals surface area contributed by atoms with Crippen LogP contribution in [0.15, 0.2) is 42.0 Å². The maximum atomic E-state index is 15.3. The fraction of sp³-hybridized carbons (Fsp3) is 0.745. The van der Waals surface area contributed by atoms with E-state index in [2.05, 4.69) is 38.1 Å². The molecular weight excluding hydrogens is 819 g/mol. The number of ether oxygens (including phenoxy) is 9. The number of fused-ring (bicyclic) bond motifs is 8. The normalized spacial score (nSPS) is 42.7. The Labute approximate surface area is 380 Å². The topological polar surface area (TPSA) is 138 Å². The van der Waals surface area contributed by atoms with Crippen molar-refractivity contribution in [1.82, 2.24) is 4.90 Å². The van der Waals surface area contributed by atoms with Crippen molar-refractivity contribution < 1.29 is 57.0 Å². The molecule has 3 heterocycles. The van der Waals surface area contributed by atoms with Gasteiger partial charge in [-0.05, 0) is 132 Å². The second-order valence-electron chi connectivity index (χ2n) is 19.9. The van der Waals surface area contributed by atoms with Crippen molar-refractivity contribution >= 4 is 23.1 Å². The van der Waals surface area contributed by atoms with Crippen molar-refractivity contribution in [3.8, 4) is 5.75 Å². The van der Waals surface area contributed by atoms with Crippen molar-refractivity contribution in [3.05, 3.63) is 47.6 Å². The SMILES string of the molecule is CC[C@H]1CCC[C@H](O[C@H]2CC[C@H](N(C)C)C(C)O2)[C@@H](C)C(=O)C2=C[C@H]3[C@@H]4C[C@H](O[C@@H]5OC(C)[C@H](OC)C(OC)[C@@H]5OC)C[C@H]4C4C=C(c5ccc(OC)cc5)C(=O)C4[C@H]3[C@@H]2CC(=O)O1. The fourth-order valence-electron chi connectivity index (χ4n) is 13.1. The fourth-order valence-corrected chi connectivity index (χ4v) is 13.1. The summed E-state index contributed by atoms with van der Waals surface area (Å²) in [5, 5.41) is 0. The average molecular weight is 892 g/mol. The van der Waals surface area contributed by atoms with E-state index in [1.807, 2.05) is 45.0 Å². The van der Waals surface area contributed by atoms with Crippen LogP contribution in [0.3, 0.4) is 0 Å². The smallest absolute Gasteiger partial charge is 0.306 e. The number of likely N-dealkylation sites (N-methyl/N-ethyl adjacent to an activating group) is 1. The van der Waals surface area contributed by atoms with Gasteiger partial charge >= 0.3 is 5.97 Å². The van der Waals surface area contributed by atoms with Crippen LogP contribution in [0.1, 0.15) is 91.0 Å². The molecule has 0 N–H and O–H groups in total. The van der Waals surface area contributed by atoms with Crippen molar-refractivity contribution in [1.29, 1.82) is 0 Å². The average Bonchev–Trinajstić information content (AvgIpc) is 3.97. The summed E-state index contributed by atoms with van der Waals surface area (Å²) in [5.74, 6) is -1.35. The minimum Gasteiger partial charge on any atom is -0.497 e. The van der Waals surface area contributed by atoms with Crippen LogP contribution in [0.4, 0.5) is 0 Å². The summed E-state index contributed by atoms with van der Waals surface area (Å²) >= 11 is 0. The number of esters is 1. The Hall–Kier alpha value is -3.01. The molecule has 5 unspecified atom stereocenters. The number of benzene rings is 1. The molecule has 354 valence electrons. The van der Waals surface area contributed by atoms with Crippen molar-refractivity contribution in [2.75, 3.05) is 42.5 Å². The molecule has 0 radical (unpaired) electrons. The summed E-state index contributed by atoms with van der Waals surface area (Å²) in [4.78, 5) is 46.8. The van der Waals surface area contributed by atoms with Crippen molar-refractivity contribution in [2.45, 2.75) is 153 Å². The van der Waals surface area contributed by atoms with Crippen LogP contribution in [0.25, 0.3) is 5.57 Å². The molecule has 1 aromatic carbocycles. The van der Waals surface area contributed by atoms with Crippen LogP contribution >= 0.6 is 0 Å². The summed E-state index contributed by atoms with van der Waals surface area (Å²) in [6, 6.07) is 7.95. The number of ketones is 2. The highest BCUT2D eigenvalue weighted by Gasteiger charge is 2.62. The van der Waals surface area contributed by atoms with Crippen molar-refractivity contribution in [2.24, 2.45) is 47.3 Å². The van der Waals surface area contributed by atoms with Gasteiger partial charge in [-0.3, -0.25) is 14.4 Å². The largest absolute Gasteiger partial charge is 0.497 e. The van der Waals surface area contributed by atoms with Gasteiger partial charge in [0.1, 0.15) is 30.2 Å². The number of hydrogen-bond acceptors (Lipinski definition) is 13. The van der Waals surface area contributed by atoms with E-state index in [1.54, 1.807) is 28.4 Å². The molecule has 0 amide bonds. The molecule has 3 saturated heterocycles. The van der Waals surface area contributed by atoms with Gasteiger partial charge in [-0.2, -0.15) is 0 Å². The molecule has 3 aliphatic heterocycles. The molecule has 2 saturated carbocycles. The lowest BCUT2D eigenvalue weighted by Gasteiger charge is -2.45. The van der Waals surface area contributed by atoms with E-state index in [9.17, 15) is 4.79 Å². The third-order valence-electron chi connectivity index (χ3n) is 16.3. The van der Waals surface area contributed by atoms with E-state index in [1.165, 1.54) is 0 Å². The maximum absolute atomic E-state index is 15.3. The molecule has 13 heteroatoms. The summed E-state index contributed by atoms with van der Waals surface area (Å²) < 4.78 is 56.0. The number of nitrogens with zero attached hydrogens (tertiary/aromatic N) is 1. The van der Waals surface area contributed by atoms with Crippen LogP contribution < -0.4 is 4.74 Å². The number of methoxy groups -OCH3 is 4. The zero-order valence-electron chi connectivity index (χ0n) is 39.6. The van der Waals surface area contributed by atoms with E-state index in [0.29, 0.717) is 55.0 Å². The lowest BCUT2D eigenvalue weighted by molar-refractivity contribution is -0.314. The first-order valence-corrected chi connectivity index (χ1v) is 24.0. The Bertz CT molecular complexity index is 1880. The Balaban J connectivity index is 1.14. The third-order valence-corrected chi connectivity index (χ3v) is 16.3. The molecule has 4 aliphatic carbocycles. The molecule has 19 atom stereocenters. The van der Waals surface area contributed by atoms with Crippen LogP contribution in [-0.4, -0.2) is 132 Å². The molecule has 8 rings (SSSR count). The molecule has 0 bridgehead atoms. The predicted molar refractivity (Wildman–Crippen MR) is 238 cm³/mol. The van der Waals surface area contributed by atoms with Crippen LogP contribution in [0.2, 0.25) is 0 Å². The summed E-state index contributed by atoms with van der Waals surface area (Å²) in [6.07, 6.45) is 6.66. The summed E-state index contributed by atoms with van der Waals surface area (Å²) in [6.45, 7) is 8.08. The maximum Gasteiger partial charge on any atom is 0.306 e. The van der Waals surface area contributed by atoms with Gasteiger partial charge in [0, 0.05) is 50.7 Å². The quantitative estimate of drug-likeness (QED) is 0.215. The molecule has 13 nitrogen and oxygen atoms in total. The lowest BCUT2D eigenvalue weighted by atomic mass is 9.57. The minimum absolute atomic E-state index is 0.0154. The minimum atomic E-state index is -0.703. The van der Waals surface area contributed by atoms with Gasteiger partial charge in [-0.25, -0.2) is 0 Å². The first kappa shape index (κ1) is 47.5. The molecule has 64 heavy (non-hydrogen) atoms. The zero-order valence-corrected chi connectivity index (χ0v) is 39.6. The summed E-state index contributed by atoms with van der Waals surface area (Å²) in [7, 11) is 10.7. The first-order valence-electron chi connectivity index (χ1n) is 24.0. The van der Waals surface area contributed by atoms with Crippen LogP contribution in [-0.2, 0) is 52.3 Å². The van der Waals surface area contributed by atoms with E-state index in [-0.39, 0.29) is 90.2 Å². The predicted octanol–water partition coefficient (Wildman–Crippen LogP) is 6.84. The number of cyclic esters (lactones) is 1. The third kappa shape index (κ3) is 9.06. The van der Waals surface area contributed by atoms with Gasteiger partial charge < -0.3 is 47.5 Å². The molecule has 0 spiro atoms. The first-order chi connectivity index (χ1) is 30.8. The van der Waals surface area contributed by atoms with E-state index in [4.69, 9.17) is 42.6 Å². The molecule has 7 aliphatic rings. The second-order valence-corrected chi connectivity index (χ2v) is 19.9. The number of rotatable bonds is 11. The second kappa shape index (κ2) is 20.1. The Morgan fingerprint density at radius 1 is 0.750 bits per heavy atom. The molecule has 0 aromatic heterocycles. The van der Waals surface area contributed by atoms with Gasteiger partial charge in [0.25, 0.3) is 0 Å². The molecule has 5 fully saturated rings. The number of carbonyl (C=O) groups excluding carboxylic acids is 3. The molecular formula is C51H73NO12. The lowest BCUT2D eigenvalue weighted by Crippen LogP contribution is -2.59. The van der Waals surface area contributed by atoms with E-state index >= 15 is 9.59 Å². The molecule has 1 aromatic rings. The van der Waals surface area contributed by atoms with Gasteiger partial charge in [0.2, 0.25) is 0 Å². The highest BCUT2D eigenvalue weighted by molar-refractivity contribution is 6.24. The Morgan fingerprint density at radius 3 is 2.09 bits per heavy atom. The van der Waals surface area contributed by atoms with Gasteiger partial charge in [-0.15, -0.1) is 0 Å². The standard InChI is InChI=1S/C51H73NO12/c1-11-30-13-12-14-41(64-43-20-19-40(52(5)6)27(3)60-43)26(2)46(54)39-24-36-34-21-32(63-51-50(59-10)49(58-9)48(57-8)28(4)61-51)22-35(34)37-23-33(29-15-17-31(56-7)18-16-29)47(55)45(37)44(36)38(39)25-42(53)62-30/h15-18,23-24,26-28,30,32,34-38,40-41,43-45,48-51H,11-14,19-22,25H2,1-10H3/t26-,27?,28?,30+,32+,34-,35-,36+,37?,38-,40+,41+,43+,44-,45?,48+,49?,50+,51+/m1/s1. The van der Waals surface area contributed by atoms with Gasteiger partial charge in [0.15, 0.2) is 24.1 Å². The number of Topliss-reactive ketones (excluding diaryl/α,β-unsaturated/α-hetero) is 2. The van der Waals surface area contributed by atoms with E-state index < -0.39 is 42.5 Å².